The van der Waals surface area contributed by atoms with E-state index in [1.54, 1.807) is 6.20 Å². The van der Waals surface area contributed by atoms with Gasteiger partial charge >= 0.3 is 0 Å². The summed E-state index contributed by atoms with van der Waals surface area (Å²) in [6.45, 7) is 8.33. The summed E-state index contributed by atoms with van der Waals surface area (Å²) in [6, 6.07) is 14.7. The lowest BCUT2D eigenvalue weighted by molar-refractivity contribution is -0.119. The third-order valence-electron chi connectivity index (χ3n) is 4.82. The second-order valence-electron chi connectivity index (χ2n) is 7.04. The van der Waals surface area contributed by atoms with Crippen LogP contribution in [0.1, 0.15) is 42.1 Å². The molecule has 0 saturated carbocycles. The molecular formula is C23H27N3OS. The van der Waals surface area contributed by atoms with Crippen LogP contribution in [0.4, 0.5) is 0 Å². The minimum Gasteiger partial charge on any atom is -0.349 e. The van der Waals surface area contributed by atoms with Crippen LogP contribution >= 0.6 is 11.8 Å². The fourth-order valence-electron chi connectivity index (χ4n) is 3.19. The van der Waals surface area contributed by atoms with E-state index in [0.29, 0.717) is 5.75 Å². The summed E-state index contributed by atoms with van der Waals surface area (Å²) >= 11 is 1.45. The lowest BCUT2D eigenvalue weighted by atomic mass is 10.1. The minimum absolute atomic E-state index is 0.00671. The highest BCUT2D eigenvalue weighted by atomic mass is 32.2. The quantitative estimate of drug-likeness (QED) is 0.573. The van der Waals surface area contributed by atoms with Gasteiger partial charge in [0.1, 0.15) is 0 Å². The maximum absolute atomic E-state index is 12.4. The first kappa shape index (κ1) is 20.2. The predicted molar refractivity (Wildman–Crippen MR) is 116 cm³/mol. The van der Waals surface area contributed by atoms with E-state index in [2.05, 4.69) is 73.5 Å². The van der Waals surface area contributed by atoms with Crippen molar-refractivity contribution in [3.05, 3.63) is 77.1 Å². The Balaban J connectivity index is 1.61. The number of imidazole rings is 1. The Labute approximate surface area is 171 Å². The van der Waals surface area contributed by atoms with Crippen molar-refractivity contribution in [2.24, 2.45) is 0 Å². The fourth-order valence-corrected chi connectivity index (χ4v) is 3.97. The molecule has 0 fully saturated rings. The Morgan fingerprint density at radius 1 is 1.18 bits per heavy atom. The van der Waals surface area contributed by atoms with Crippen molar-refractivity contribution >= 4 is 17.7 Å². The maximum Gasteiger partial charge on any atom is 0.230 e. The maximum atomic E-state index is 12.4. The van der Waals surface area contributed by atoms with E-state index in [9.17, 15) is 4.79 Å². The fraction of sp³-hybridized carbons (Fsp3) is 0.304. The third kappa shape index (κ3) is 4.84. The SMILES string of the molecule is CCc1ccc(C(C)NC(=O)CSc2nccn2-c2ccc(C)cc2C)cc1. The smallest absolute Gasteiger partial charge is 0.230 e. The van der Waals surface area contributed by atoms with Crippen LogP contribution in [0.3, 0.4) is 0 Å². The molecule has 2 aromatic carbocycles. The van der Waals surface area contributed by atoms with Crippen LogP contribution in [0.15, 0.2) is 60.0 Å². The van der Waals surface area contributed by atoms with Gasteiger partial charge in [0.15, 0.2) is 5.16 Å². The average Bonchev–Trinajstić information content (AvgIpc) is 3.14. The molecule has 4 nitrogen and oxygen atoms in total. The second kappa shape index (κ2) is 9.11. The van der Waals surface area contributed by atoms with E-state index in [0.717, 1.165) is 22.8 Å². The van der Waals surface area contributed by atoms with Gasteiger partial charge in [0.05, 0.1) is 17.5 Å². The zero-order valence-electron chi connectivity index (χ0n) is 16.9. The van der Waals surface area contributed by atoms with Gasteiger partial charge < -0.3 is 5.32 Å². The van der Waals surface area contributed by atoms with Crippen LogP contribution in [-0.2, 0) is 11.2 Å². The van der Waals surface area contributed by atoms with Crippen LogP contribution in [0.5, 0.6) is 0 Å². The molecule has 1 amide bonds. The van der Waals surface area contributed by atoms with Gasteiger partial charge in [0.2, 0.25) is 5.91 Å². The normalized spacial score (nSPS) is 12.0. The van der Waals surface area contributed by atoms with Crippen molar-refractivity contribution in [1.29, 1.82) is 0 Å². The number of benzene rings is 2. The number of aryl methyl sites for hydroxylation is 3. The van der Waals surface area contributed by atoms with Gasteiger partial charge in [-0.15, -0.1) is 0 Å². The summed E-state index contributed by atoms with van der Waals surface area (Å²) in [5.74, 6) is 0.339. The molecule has 3 rings (SSSR count). The first-order valence-electron chi connectivity index (χ1n) is 9.60. The lowest BCUT2D eigenvalue weighted by Gasteiger charge is -2.15. The van der Waals surface area contributed by atoms with Crippen molar-refractivity contribution in [2.75, 3.05) is 5.75 Å². The number of aromatic nitrogens is 2. The molecular weight excluding hydrogens is 366 g/mol. The van der Waals surface area contributed by atoms with Gasteiger partial charge in [0.25, 0.3) is 0 Å². The number of nitrogens with one attached hydrogen (secondary N) is 1. The van der Waals surface area contributed by atoms with Crippen LogP contribution < -0.4 is 5.32 Å². The molecule has 0 radical (unpaired) electrons. The number of carbonyl (C=O) groups is 1. The molecule has 1 unspecified atom stereocenters. The van der Waals surface area contributed by atoms with Crippen molar-refractivity contribution in [1.82, 2.24) is 14.9 Å². The highest BCUT2D eigenvalue weighted by Gasteiger charge is 2.13. The minimum atomic E-state index is -0.0157. The van der Waals surface area contributed by atoms with E-state index in [4.69, 9.17) is 0 Å². The molecule has 1 atom stereocenters. The molecule has 0 saturated heterocycles. The Hall–Kier alpha value is -2.53. The average molecular weight is 394 g/mol. The molecule has 1 heterocycles. The van der Waals surface area contributed by atoms with Gasteiger partial charge in [-0.2, -0.15) is 0 Å². The predicted octanol–water partition coefficient (Wildman–Crippen LogP) is 5.02. The third-order valence-corrected chi connectivity index (χ3v) is 5.78. The monoisotopic (exact) mass is 393 g/mol. The van der Waals surface area contributed by atoms with Gasteiger partial charge in [-0.3, -0.25) is 9.36 Å². The molecule has 0 spiro atoms. The molecule has 28 heavy (non-hydrogen) atoms. The number of thioether (sulfide) groups is 1. The molecule has 146 valence electrons. The van der Waals surface area contributed by atoms with Gasteiger partial charge in [-0.1, -0.05) is 60.6 Å². The number of rotatable bonds is 7. The summed E-state index contributed by atoms with van der Waals surface area (Å²) in [5, 5.41) is 3.90. The highest BCUT2D eigenvalue weighted by molar-refractivity contribution is 7.99. The lowest BCUT2D eigenvalue weighted by Crippen LogP contribution is -2.28. The van der Waals surface area contributed by atoms with Crippen LogP contribution in [0, 0.1) is 13.8 Å². The van der Waals surface area contributed by atoms with Crippen molar-refractivity contribution in [3.8, 4) is 5.69 Å². The number of nitrogens with zero attached hydrogens (tertiary/aromatic N) is 2. The summed E-state index contributed by atoms with van der Waals surface area (Å²) in [6.07, 6.45) is 4.73. The zero-order chi connectivity index (χ0) is 20.1. The van der Waals surface area contributed by atoms with Gasteiger partial charge in [0, 0.05) is 12.4 Å². The van der Waals surface area contributed by atoms with E-state index in [1.165, 1.54) is 28.5 Å². The van der Waals surface area contributed by atoms with E-state index in [1.807, 2.05) is 17.7 Å². The summed E-state index contributed by atoms with van der Waals surface area (Å²) in [7, 11) is 0. The van der Waals surface area contributed by atoms with E-state index >= 15 is 0 Å². The molecule has 0 aliphatic heterocycles. The zero-order valence-corrected chi connectivity index (χ0v) is 17.7. The van der Waals surface area contributed by atoms with Crippen LogP contribution in [-0.4, -0.2) is 21.2 Å². The number of hydrogen-bond acceptors (Lipinski definition) is 3. The molecule has 5 heteroatoms. The van der Waals surface area contributed by atoms with Gasteiger partial charge in [-0.25, -0.2) is 4.98 Å². The van der Waals surface area contributed by atoms with Crippen molar-refractivity contribution in [2.45, 2.75) is 45.3 Å². The first-order chi connectivity index (χ1) is 13.5. The molecule has 0 aliphatic carbocycles. The van der Waals surface area contributed by atoms with E-state index < -0.39 is 0 Å². The molecule has 0 bridgehead atoms. The summed E-state index contributed by atoms with van der Waals surface area (Å²) < 4.78 is 2.04. The standard InChI is InChI=1S/C23H27N3OS/c1-5-19-7-9-20(10-8-19)18(4)25-22(27)15-28-23-24-12-13-26(23)21-11-6-16(2)14-17(21)3/h6-14,18H,5,15H2,1-4H3,(H,25,27). The Morgan fingerprint density at radius 3 is 2.61 bits per heavy atom. The van der Waals surface area contributed by atoms with Crippen LogP contribution in [0.2, 0.25) is 0 Å². The van der Waals surface area contributed by atoms with Crippen LogP contribution in [0.25, 0.3) is 5.69 Å². The Bertz CT molecular complexity index is 947. The van der Waals surface area contributed by atoms with Gasteiger partial charge in [-0.05, 0) is 49.9 Å². The molecule has 3 aromatic rings. The molecule has 0 aliphatic rings. The second-order valence-corrected chi connectivity index (χ2v) is 7.99. The largest absolute Gasteiger partial charge is 0.349 e. The summed E-state index contributed by atoms with van der Waals surface area (Å²) in [4.78, 5) is 16.9. The highest BCUT2D eigenvalue weighted by Crippen LogP contribution is 2.23. The van der Waals surface area contributed by atoms with E-state index in [-0.39, 0.29) is 11.9 Å². The molecule has 1 N–H and O–H groups in total. The topological polar surface area (TPSA) is 46.9 Å². The first-order valence-corrected chi connectivity index (χ1v) is 10.6. The van der Waals surface area contributed by atoms with Crippen molar-refractivity contribution in [3.63, 3.8) is 0 Å². The number of carbonyl (C=O) groups excluding carboxylic acids is 1. The number of amides is 1. The summed E-state index contributed by atoms with van der Waals surface area (Å²) in [5.41, 5.74) is 5.93. The number of hydrogen-bond donors (Lipinski definition) is 1. The van der Waals surface area contributed by atoms with Crippen molar-refractivity contribution < 1.29 is 4.79 Å². The Morgan fingerprint density at radius 2 is 1.93 bits per heavy atom. The Kier molecular flexibility index (Phi) is 6.57. The molecule has 1 aromatic heterocycles.